The number of carbonyl (C=O) groups excluding carboxylic acids is 2. The fraction of sp³-hybridized carbons (Fsp3) is 0. The normalized spacial score (nSPS) is 10.8. The third-order valence-electron chi connectivity index (χ3n) is 3.67. The van der Waals surface area contributed by atoms with E-state index in [-0.39, 0.29) is 17.5 Å². The number of anilines is 1. The van der Waals surface area contributed by atoms with Gasteiger partial charge in [0.1, 0.15) is 5.70 Å². The third-order valence-corrected chi connectivity index (χ3v) is 3.67. The first-order valence-corrected chi connectivity index (χ1v) is 8.22. The zero-order valence-electron chi connectivity index (χ0n) is 14.1. The summed E-state index contributed by atoms with van der Waals surface area (Å²) in [5.41, 5.74) is 2.14. The van der Waals surface area contributed by atoms with Crippen LogP contribution in [0.25, 0.3) is 6.08 Å². The van der Waals surface area contributed by atoms with E-state index in [4.69, 9.17) is 0 Å². The van der Waals surface area contributed by atoms with Gasteiger partial charge in [0.25, 0.3) is 11.8 Å². The van der Waals surface area contributed by atoms with Crippen molar-refractivity contribution in [3.05, 3.63) is 108 Å². The maximum atomic E-state index is 12.7. The summed E-state index contributed by atoms with van der Waals surface area (Å²) >= 11 is 0. The second-order valence-corrected chi connectivity index (χ2v) is 5.61. The van der Waals surface area contributed by atoms with E-state index in [0.717, 1.165) is 5.56 Å². The van der Waals surface area contributed by atoms with Crippen molar-refractivity contribution in [3.63, 3.8) is 0 Å². The molecular weight excluding hydrogens is 324 g/mol. The Hall–Kier alpha value is -3.66. The van der Waals surface area contributed by atoms with Gasteiger partial charge < -0.3 is 10.6 Å². The molecule has 4 nitrogen and oxygen atoms in total. The zero-order chi connectivity index (χ0) is 18.2. The Balaban J connectivity index is 1.85. The molecule has 0 saturated carbocycles. The first-order chi connectivity index (χ1) is 12.7. The van der Waals surface area contributed by atoms with Crippen molar-refractivity contribution in [2.75, 3.05) is 5.32 Å². The Morgan fingerprint density at radius 1 is 0.692 bits per heavy atom. The molecule has 2 amide bonds. The number of nitrogens with one attached hydrogen (secondary N) is 2. The van der Waals surface area contributed by atoms with E-state index >= 15 is 0 Å². The fourth-order valence-electron chi connectivity index (χ4n) is 2.38. The molecule has 0 aliphatic rings. The van der Waals surface area contributed by atoms with E-state index in [2.05, 4.69) is 10.6 Å². The minimum absolute atomic E-state index is 0.175. The highest BCUT2D eigenvalue weighted by molar-refractivity contribution is 6.10. The molecule has 2 N–H and O–H groups in total. The first kappa shape index (κ1) is 17.2. The van der Waals surface area contributed by atoms with Crippen LogP contribution < -0.4 is 10.6 Å². The van der Waals surface area contributed by atoms with Crippen LogP contribution >= 0.6 is 0 Å². The molecule has 0 heterocycles. The topological polar surface area (TPSA) is 58.2 Å². The summed E-state index contributed by atoms with van der Waals surface area (Å²) in [6, 6.07) is 27.3. The van der Waals surface area contributed by atoms with Crippen LogP contribution in [0.5, 0.6) is 0 Å². The molecule has 0 aliphatic carbocycles. The van der Waals surface area contributed by atoms with Gasteiger partial charge in [-0.15, -0.1) is 0 Å². The van der Waals surface area contributed by atoms with Gasteiger partial charge in [0.2, 0.25) is 0 Å². The highest BCUT2D eigenvalue weighted by Gasteiger charge is 2.14. The Labute approximate surface area is 152 Å². The standard InChI is InChI=1S/C22H18N2O2/c25-21(18-12-6-2-7-13-18)24-20(16-17-10-4-1-5-11-17)22(26)23-19-14-8-3-9-15-19/h1-16H,(H,23,26)(H,24,25)/b20-16-. The van der Waals surface area contributed by atoms with Crippen LogP contribution in [0, 0.1) is 0 Å². The zero-order valence-corrected chi connectivity index (χ0v) is 14.1. The number of hydrogen-bond donors (Lipinski definition) is 2. The van der Waals surface area contributed by atoms with Gasteiger partial charge >= 0.3 is 0 Å². The van der Waals surface area contributed by atoms with Crippen LogP contribution in [0.1, 0.15) is 15.9 Å². The minimum Gasteiger partial charge on any atom is -0.321 e. The van der Waals surface area contributed by atoms with Crippen molar-refractivity contribution in [2.24, 2.45) is 0 Å². The van der Waals surface area contributed by atoms with Crippen molar-refractivity contribution in [2.45, 2.75) is 0 Å². The van der Waals surface area contributed by atoms with Crippen LogP contribution in [-0.4, -0.2) is 11.8 Å². The predicted molar refractivity (Wildman–Crippen MR) is 103 cm³/mol. The average molecular weight is 342 g/mol. The molecule has 0 spiro atoms. The van der Waals surface area contributed by atoms with Crippen molar-refractivity contribution < 1.29 is 9.59 Å². The molecule has 26 heavy (non-hydrogen) atoms. The van der Waals surface area contributed by atoms with Gasteiger partial charge in [-0.25, -0.2) is 0 Å². The van der Waals surface area contributed by atoms with Gasteiger partial charge in [-0.3, -0.25) is 9.59 Å². The molecule has 0 fully saturated rings. The van der Waals surface area contributed by atoms with E-state index in [0.29, 0.717) is 11.3 Å². The van der Waals surface area contributed by atoms with Crippen molar-refractivity contribution >= 4 is 23.6 Å². The highest BCUT2D eigenvalue weighted by atomic mass is 16.2. The maximum Gasteiger partial charge on any atom is 0.272 e. The SMILES string of the molecule is O=C(Nc1ccccc1)/C(=C/c1ccccc1)NC(=O)c1ccccc1. The van der Waals surface area contributed by atoms with E-state index in [1.165, 1.54) is 0 Å². The molecule has 0 aliphatic heterocycles. The molecule has 0 radical (unpaired) electrons. The van der Waals surface area contributed by atoms with Gasteiger partial charge in [0, 0.05) is 11.3 Å². The minimum atomic E-state index is -0.385. The lowest BCUT2D eigenvalue weighted by atomic mass is 10.1. The molecule has 3 rings (SSSR count). The third kappa shape index (κ3) is 4.68. The first-order valence-electron chi connectivity index (χ1n) is 8.22. The summed E-state index contributed by atoms with van der Waals surface area (Å²) in [5.74, 6) is -0.722. The van der Waals surface area contributed by atoms with Gasteiger partial charge in [-0.2, -0.15) is 0 Å². The summed E-state index contributed by atoms with van der Waals surface area (Å²) in [7, 11) is 0. The molecule has 0 saturated heterocycles. The monoisotopic (exact) mass is 342 g/mol. The van der Waals surface area contributed by atoms with Crippen LogP contribution in [0.2, 0.25) is 0 Å². The number of para-hydroxylation sites is 1. The number of rotatable bonds is 5. The molecule has 3 aromatic rings. The Morgan fingerprint density at radius 2 is 1.23 bits per heavy atom. The number of carbonyl (C=O) groups is 2. The predicted octanol–water partition coefficient (Wildman–Crippen LogP) is 4.10. The van der Waals surface area contributed by atoms with Gasteiger partial charge in [-0.1, -0.05) is 66.7 Å². The largest absolute Gasteiger partial charge is 0.321 e. The fourth-order valence-corrected chi connectivity index (χ4v) is 2.38. The Morgan fingerprint density at radius 3 is 1.85 bits per heavy atom. The quantitative estimate of drug-likeness (QED) is 0.686. The Kier molecular flexibility index (Phi) is 5.58. The van der Waals surface area contributed by atoms with E-state index < -0.39 is 0 Å². The van der Waals surface area contributed by atoms with E-state index in [1.54, 1.807) is 42.5 Å². The molecule has 0 atom stereocenters. The molecule has 4 heteroatoms. The second kappa shape index (κ2) is 8.44. The molecule has 3 aromatic carbocycles. The lowest BCUT2D eigenvalue weighted by Crippen LogP contribution is -2.30. The van der Waals surface area contributed by atoms with Gasteiger partial charge in [-0.05, 0) is 35.9 Å². The molecule has 128 valence electrons. The summed E-state index contributed by atoms with van der Waals surface area (Å²) < 4.78 is 0. The smallest absolute Gasteiger partial charge is 0.272 e. The van der Waals surface area contributed by atoms with Crippen LogP contribution in [0.3, 0.4) is 0 Å². The van der Waals surface area contributed by atoms with Gasteiger partial charge in [0.15, 0.2) is 0 Å². The Bertz CT molecular complexity index is 905. The lowest BCUT2D eigenvalue weighted by Gasteiger charge is -2.11. The average Bonchev–Trinajstić information content (AvgIpc) is 2.69. The van der Waals surface area contributed by atoms with E-state index in [1.807, 2.05) is 54.6 Å². The lowest BCUT2D eigenvalue weighted by molar-refractivity contribution is -0.113. The summed E-state index contributed by atoms with van der Waals surface area (Å²) in [6.07, 6.45) is 1.65. The molecule has 0 aromatic heterocycles. The number of benzene rings is 3. The van der Waals surface area contributed by atoms with E-state index in [9.17, 15) is 9.59 Å². The van der Waals surface area contributed by atoms with Crippen LogP contribution in [-0.2, 0) is 4.79 Å². The molecule has 0 unspecified atom stereocenters. The van der Waals surface area contributed by atoms with Crippen molar-refractivity contribution in [1.82, 2.24) is 5.32 Å². The van der Waals surface area contributed by atoms with Crippen LogP contribution in [0.15, 0.2) is 96.7 Å². The summed E-state index contributed by atoms with van der Waals surface area (Å²) in [5, 5.41) is 5.51. The molecular formula is C22H18N2O2. The maximum absolute atomic E-state index is 12.7. The second-order valence-electron chi connectivity index (χ2n) is 5.61. The molecule has 0 bridgehead atoms. The van der Waals surface area contributed by atoms with Crippen molar-refractivity contribution in [1.29, 1.82) is 0 Å². The van der Waals surface area contributed by atoms with Gasteiger partial charge in [0.05, 0.1) is 0 Å². The van der Waals surface area contributed by atoms with Crippen LogP contribution in [0.4, 0.5) is 5.69 Å². The van der Waals surface area contributed by atoms with Crippen molar-refractivity contribution in [3.8, 4) is 0 Å². The number of amides is 2. The summed E-state index contributed by atoms with van der Waals surface area (Å²) in [4.78, 5) is 25.2. The summed E-state index contributed by atoms with van der Waals surface area (Å²) in [6.45, 7) is 0. The number of hydrogen-bond acceptors (Lipinski definition) is 2. The highest BCUT2D eigenvalue weighted by Crippen LogP contribution is 2.11.